The number of likely N-dealkylation sites (tertiary alicyclic amines) is 1. The molecule has 2 heterocycles. The summed E-state index contributed by atoms with van der Waals surface area (Å²) in [6.07, 6.45) is 3.86. The zero-order valence-corrected chi connectivity index (χ0v) is 15.1. The monoisotopic (exact) mass is 363 g/mol. The number of hydrogen-bond donors (Lipinski definition) is 1. The number of nitrogens with one attached hydrogen (secondary N) is 1. The van der Waals surface area contributed by atoms with Gasteiger partial charge in [0.25, 0.3) is 11.6 Å². The van der Waals surface area contributed by atoms with Gasteiger partial charge in [-0.25, -0.2) is 0 Å². The molecule has 1 aliphatic heterocycles. The smallest absolute Gasteiger partial charge is 0.273 e. The van der Waals surface area contributed by atoms with Gasteiger partial charge in [-0.15, -0.1) is 0 Å². The van der Waals surface area contributed by atoms with Gasteiger partial charge in [-0.1, -0.05) is 24.3 Å². The molecule has 0 spiro atoms. The van der Waals surface area contributed by atoms with E-state index in [2.05, 4.69) is 23.3 Å². The van der Waals surface area contributed by atoms with Gasteiger partial charge in [-0.3, -0.25) is 14.9 Å². The number of aryl methyl sites for hydroxylation is 1. The number of aromatic nitrogens is 1. The van der Waals surface area contributed by atoms with E-state index in [0.717, 1.165) is 18.4 Å². The molecule has 3 aromatic rings. The minimum absolute atomic E-state index is 0.00507. The Morgan fingerprint density at radius 2 is 1.93 bits per heavy atom. The lowest BCUT2D eigenvalue weighted by Crippen LogP contribution is -2.37. The number of aromatic amines is 1. The molecule has 1 fully saturated rings. The van der Waals surface area contributed by atoms with E-state index in [0.29, 0.717) is 30.1 Å². The van der Waals surface area contributed by atoms with Crippen molar-refractivity contribution >= 4 is 22.5 Å². The van der Waals surface area contributed by atoms with E-state index < -0.39 is 4.92 Å². The number of carbonyl (C=O) groups is 1. The molecule has 2 aromatic carbocycles. The van der Waals surface area contributed by atoms with Crippen molar-refractivity contribution in [3.8, 4) is 0 Å². The zero-order chi connectivity index (χ0) is 19.0. The lowest BCUT2D eigenvalue weighted by Gasteiger charge is -2.32. The Balaban J connectivity index is 1.48. The van der Waals surface area contributed by atoms with Crippen LogP contribution in [0.1, 0.15) is 40.2 Å². The van der Waals surface area contributed by atoms with Crippen molar-refractivity contribution in [3.63, 3.8) is 0 Å². The Labute approximate surface area is 157 Å². The van der Waals surface area contributed by atoms with Crippen LogP contribution >= 0.6 is 0 Å². The molecule has 6 nitrogen and oxygen atoms in total. The van der Waals surface area contributed by atoms with E-state index in [4.69, 9.17) is 0 Å². The van der Waals surface area contributed by atoms with Crippen molar-refractivity contribution in [2.45, 2.75) is 25.7 Å². The Hall–Kier alpha value is -3.15. The van der Waals surface area contributed by atoms with Crippen LogP contribution in [0.5, 0.6) is 0 Å². The number of para-hydroxylation sites is 1. The maximum absolute atomic E-state index is 12.8. The van der Waals surface area contributed by atoms with Crippen LogP contribution in [0.4, 0.5) is 5.69 Å². The number of nitrogens with zero attached hydrogens (tertiary/aromatic N) is 2. The summed E-state index contributed by atoms with van der Waals surface area (Å²) in [6.45, 7) is 2.99. The molecule has 138 valence electrons. The fourth-order valence-electron chi connectivity index (χ4n) is 3.95. The Morgan fingerprint density at radius 3 is 2.67 bits per heavy atom. The molecule has 4 rings (SSSR count). The standard InChI is InChI=1S/C21H21N3O3/c1-14-6-7-16(12-20(14)24(26)27)21(25)23-10-8-15(9-11-23)18-13-22-19-5-3-2-4-17(18)19/h2-7,12-13,15,22H,8-11H2,1H3. The lowest BCUT2D eigenvalue weighted by molar-refractivity contribution is -0.385. The summed E-state index contributed by atoms with van der Waals surface area (Å²) >= 11 is 0. The minimum atomic E-state index is -0.435. The highest BCUT2D eigenvalue weighted by atomic mass is 16.6. The van der Waals surface area contributed by atoms with E-state index in [-0.39, 0.29) is 11.6 Å². The number of amides is 1. The molecule has 1 aromatic heterocycles. The number of rotatable bonds is 3. The van der Waals surface area contributed by atoms with Gasteiger partial charge in [-0.2, -0.15) is 0 Å². The Morgan fingerprint density at radius 1 is 1.19 bits per heavy atom. The second-order valence-corrected chi connectivity index (χ2v) is 7.11. The van der Waals surface area contributed by atoms with Gasteiger partial charge in [0.2, 0.25) is 0 Å². The van der Waals surface area contributed by atoms with Gasteiger partial charge < -0.3 is 9.88 Å². The van der Waals surface area contributed by atoms with Crippen LogP contribution in [0.15, 0.2) is 48.7 Å². The van der Waals surface area contributed by atoms with Crippen LogP contribution < -0.4 is 0 Å². The molecule has 0 radical (unpaired) electrons. The summed E-state index contributed by atoms with van der Waals surface area (Å²) in [5.41, 5.74) is 3.39. The molecular formula is C21H21N3O3. The molecule has 0 atom stereocenters. The summed E-state index contributed by atoms with van der Waals surface area (Å²) in [7, 11) is 0. The average Bonchev–Trinajstić information content (AvgIpc) is 3.12. The van der Waals surface area contributed by atoms with Gasteiger partial charge in [0.05, 0.1) is 4.92 Å². The molecular weight excluding hydrogens is 342 g/mol. The van der Waals surface area contributed by atoms with E-state index in [9.17, 15) is 14.9 Å². The number of nitro groups is 1. The highest BCUT2D eigenvalue weighted by Crippen LogP contribution is 2.33. The SMILES string of the molecule is Cc1ccc(C(=O)N2CCC(c3c[nH]c4ccccc34)CC2)cc1[N+](=O)[O-]. The molecule has 0 saturated carbocycles. The number of piperidine rings is 1. The van der Waals surface area contributed by atoms with Gasteiger partial charge in [0.1, 0.15) is 0 Å². The molecule has 0 aliphatic carbocycles. The fourth-order valence-corrected chi connectivity index (χ4v) is 3.95. The van der Waals surface area contributed by atoms with Crippen molar-refractivity contribution in [2.24, 2.45) is 0 Å². The van der Waals surface area contributed by atoms with Crippen molar-refractivity contribution in [1.29, 1.82) is 0 Å². The molecule has 0 bridgehead atoms. The second-order valence-electron chi connectivity index (χ2n) is 7.11. The first-order chi connectivity index (χ1) is 13.0. The van der Waals surface area contributed by atoms with Gasteiger partial charge in [0, 0.05) is 47.4 Å². The van der Waals surface area contributed by atoms with Gasteiger partial charge in [-0.05, 0) is 43.4 Å². The molecule has 6 heteroatoms. The minimum Gasteiger partial charge on any atom is -0.361 e. The quantitative estimate of drug-likeness (QED) is 0.553. The van der Waals surface area contributed by atoms with Crippen LogP contribution in [-0.4, -0.2) is 33.8 Å². The summed E-state index contributed by atoms with van der Waals surface area (Å²) in [6, 6.07) is 13.0. The van der Waals surface area contributed by atoms with E-state index in [1.165, 1.54) is 17.0 Å². The number of H-pyrrole nitrogens is 1. The van der Waals surface area contributed by atoms with Crippen molar-refractivity contribution in [1.82, 2.24) is 9.88 Å². The predicted octanol–water partition coefficient (Wildman–Crippen LogP) is 4.40. The highest BCUT2D eigenvalue weighted by Gasteiger charge is 2.27. The first-order valence-electron chi connectivity index (χ1n) is 9.15. The molecule has 0 unspecified atom stereocenters. The van der Waals surface area contributed by atoms with Crippen molar-refractivity contribution in [3.05, 3.63) is 75.5 Å². The van der Waals surface area contributed by atoms with E-state index >= 15 is 0 Å². The van der Waals surface area contributed by atoms with Crippen LogP contribution in [0, 0.1) is 17.0 Å². The summed E-state index contributed by atoms with van der Waals surface area (Å²) in [5, 5.41) is 12.4. The second kappa shape index (κ2) is 6.87. The van der Waals surface area contributed by atoms with Crippen molar-refractivity contribution in [2.75, 3.05) is 13.1 Å². The number of fused-ring (bicyclic) bond motifs is 1. The number of nitro benzene ring substituents is 1. The molecule has 1 N–H and O–H groups in total. The van der Waals surface area contributed by atoms with Crippen LogP contribution in [0.25, 0.3) is 10.9 Å². The summed E-state index contributed by atoms with van der Waals surface area (Å²) in [5.74, 6) is 0.285. The molecule has 27 heavy (non-hydrogen) atoms. The predicted molar refractivity (Wildman–Crippen MR) is 104 cm³/mol. The average molecular weight is 363 g/mol. The van der Waals surface area contributed by atoms with Crippen LogP contribution in [-0.2, 0) is 0 Å². The normalized spacial score (nSPS) is 15.2. The number of hydrogen-bond acceptors (Lipinski definition) is 3. The zero-order valence-electron chi connectivity index (χ0n) is 15.1. The lowest BCUT2D eigenvalue weighted by atomic mass is 9.89. The van der Waals surface area contributed by atoms with Gasteiger partial charge in [0.15, 0.2) is 0 Å². The van der Waals surface area contributed by atoms with Crippen LogP contribution in [0.3, 0.4) is 0 Å². The molecule has 1 aliphatic rings. The van der Waals surface area contributed by atoms with E-state index in [1.807, 2.05) is 12.1 Å². The fraction of sp³-hybridized carbons (Fsp3) is 0.286. The largest absolute Gasteiger partial charge is 0.361 e. The number of carbonyl (C=O) groups excluding carboxylic acids is 1. The number of benzene rings is 2. The highest BCUT2D eigenvalue weighted by molar-refractivity contribution is 5.95. The van der Waals surface area contributed by atoms with Crippen LogP contribution in [0.2, 0.25) is 0 Å². The third kappa shape index (κ3) is 3.18. The van der Waals surface area contributed by atoms with Crippen molar-refractivity contribution < 1.29 is 9.72 Å². The third-order valence-electron chi connectivity index (χ3n) is 5.50. The summed E-state index contributed by atoms with van der Waals surface area (Å²) in [4.78, 5) is 28.6. The third-order valence-corrected chi connectivity index (χ3v) is 5.50. The topological polar surface area (TPSA) is 79.2 Å². The molecule has 1 saturated heterocycles. The van der Waals surface area contributed by atoms with E-state index in [1.54, 1.807) is 24.0 Å². The maximum atomic E-state index is 12.8. The molecule has 1 amide bonds. The Kier molecular flexibility index (Phi) is 4.39. The Bertz CT molecular complexity index is 1020. The maximum Gasteiger partial charge on any atom is 0.273 e. The van der Waals surface area contributed by atoms with Gasteiger partial charge >= 0.3 is 0 Å². The first-order valence-corrected chi connectivity index (χ1v) is 9.15. The summed E-state index contributed by atoms with van der Waals surface area (Å²) < 4.78 is 0. The first kappa shape index (κ1) is 17.3.